The molecule has 0 bridgehead atoms. The van der Waals surface area contributed by atoms with Crippen LogP contribution < -0.4 is 10.1 Å². The largest absolute Gasteiger partial charge is 0.497 e. The molecule has 1 aromatic carbocycles. The van der Waals surface area contributed by atoms with Crippen LogP contribution in [-0.2, 0) is 24.2 Å². The van der Waals surface area contributed by atoms with Crippen LogP contribution >= 0.6 is 0 Å². The minimum absolute atomic E-state index is 0.257. The Morgan fingerprint density at radius 3 is 2.48 bits per heavy atom. The van der Waals surface area contributed by atoms with E-state index in [0.29, 0.717) is 5.75 Å². The second-order valence-corrected chi connectivity index (χ2v) is 6.15. The highest BCUT2D eigenvalue weighted by atomic mass is 32.2. The van der Waals surface area contributed by atoms with Crippen LogP contribution in [0.2, 0.25) is 0 Å². The predicted octanol–water partition coefficient (Wildman–Crippen LogP) is 0.147. The first-order chi connectivity index (χ1) is 10.2. The SMILES string of the molecule is [2H]c1cc(OC)ccc1S(=O)(=O)C[C@H](NC(C)=O)C(=O)OC. The molecule has 0 heterocycles. The van der Waals surface area contributed by atoms with E-state index in [1.807, 2.05) is 0 Å². The smallest absolute Gasteiger partial charge is 0.329 e. The zero-order valence-electron chi connectivity index (χ0n) is 12.9. The lowest BCUT2D eigenvalue weighted by Crippen LogP contribution is -2.45. The van der Waals surface area contributed by atoms with Crippen molar-refractivity contribution in [2.75, 3.05) is 20.0 Å². The summed E-state index contributed by atoms with van der Waals surface area (Å²) < 4.78 is 41.8. The maximum atomic E-state index is 12.3. The fourth-order valence-corrected chi connectivity index (χ4v) is 2.93. The van der Waals surface area contributed by atoms with Crippen molar-refractivity contribution in [3.8, 4) is 5.75 Å². The van der Waals surface area contributed by atoms with Gasteiger partial charge in [0.2, 0.25) is 5.91 Å². The second-order valence-electron chi connectivity index (χ2n) is 4.15. The lowest BCUT2D eigenvalue weighted by Gasteiger charge is -2.15. The summed E-state index contributed by atoms with van der Waals surface area (Å²) in [7, 11) is -1.49. The predicted molar refractivity (Wildman–Crippen MR) is 74.7 cm³/mol. The first-order valence-corrected chi connectivity index (χ1v) is 7.59. The maximum absolute atomic E-state index is 12.3. The van der Waals surface area contributed by atoms with Gasteiger partial charge in [-0.3, -0.25) is 4.79 Å². The van der Waals surface area contributed by atoms with E-state index in [2.05, 4.69) is 10.1 Å². The summed E-state index contributed by atoms with van der Waals surface area (Å²) in [4.78, 5) is 22.4. The van der Waals surface area contributed by atoms with Crippen molar-refractivity contribution in [3.63, 3.8) is 0 Å². The van der Waals surface area contributed by atoms with Gasteiger partial charge in [-0.2, -0.15) is 0 Å². The van der Waals surface area contributed by atoms with Gasteiger partial charge in [0.25, 0.3) is 0 Å². The number of esters is 1. The average molecular weight is 316 g/mol. The van der Waals surface area contributed by atoms with Crippen LogP contribution in [0.1, 0.15) is 8.29 Å². The van der Waals surface area contributed by atoms with Gasteiger partial charge in [0, 0.05) is 6.92 Å². The van der Waals surface area contributed by atoms with E-state index in [1.54, 1.807) is 0 Å². The van der Waals surface area contributed by atoms with Crippen molar-refractivity contribution in [2.24, 2.45) is 0 Å². The lowest BCUT2D eigenvalue weighted by atomic mass is 10.3. The Balaban J connectivity index is 3.11. The number of carbonyl (C=O) groups is 2. The Hall–Kier alpha value is -2.09. The van der Waals surface area contributed by atoms with Crippen molar-refractivity contribution >= 4 is 21.7 Å². The van der Waals surface area contributed by atoms with Gasteiger partial charge in [-0.15, -0.1) is 0 Å². The Morgan fingerprint density at radius 1 is 1.33 bits per heavy atom. The molecule has 1 aromatic rings. The zero-order chi connectivity index (χ0) is 16.9. The van der Waals surface area contributed by atoms with Gasteiger partial charge < -0.3 is 14.8 Å². The number of methoxy groups -OCH3 is 2. The molecule has 0 saturated heterocycles. The molecule has 7 nitrogen and oxygen atoms in total. The minimum Gasteiger partial charge on any atom is -0.497 e. The Kier molecular flexibility index (Phi) is 5.15. The van der Waals surface area contributed by atoms with Gasteiger partial charge in [-0.1, -0.05) is 0 Å². The van der Waals surface area contributed by atoms with Crippen molar-refractivity contribution in [3.05, 3.63) is 24.2 Å². The summed E-state index contributed by atoms with van der Waals surface area (Å²) in [5.74, 6) is -1.79. The third kappa shape index (κ3) is 4.75. The molecule has 1 amide bonds. The van der Waals surface area contributed by atoms with Crippen LogP contribution in [-0.4, -0.2) is 46.3 Å². The highest BCUT2D eigenvalue weighted by molar-refractivity contribution is 7.91. The van der Waals surface area contributed by atoms with E-state index in [9.17, 15) is 18.0 Å². The Bertz CT molecular complexity index is 673. The van der Waals surface area contributed by atoms with Gasteiger partial charge in [-0.25, -0.2) is 13.2 Å². The van der Waals surface area contributed by atoms with Gasteiger partial charge in [0.05, 0.1) is 26.2 Å². The van der Waals surface area contributed by atoms with Crippen LogP contribution in [0, 0.1) is 0 Å². The molecule has 8 heteroatoms. The topological polar surface area (TPSA) is 98.8 Å². The van der Waals surface area contributed by atoms with Crippen molar-refractivity contribution in [1.29, 1.82) is 0 Å². The monoisotopic (exact) mass is 316 g/mol. The molecule has 1 atom stereocenters. The first kappa shape index (κ1) is 15.3. The number of benzene rings is 1. The number of nitrogens with one attached hydrogen (secondary N) is 1. The van der Waals surface area contributed by atoms with Gasteiger partial charge >= 0.3 is 5.97 Å². The summed E-state index contributed by atoms with van der Waals surface area (Å²) in [6.45, 7) is 1.16. The molecule has 0 spiro atoms. The molecule has 0 aliphatic carbocycles. The molecule has 0 aromatic heterocycles. The molecule has 1 rings (SSSR count). The van der Waals surface area contributed by atoms with E-state index >= 15 is 0 Å². The fraction of sp³-hybridized carbons (Fsp3) is 0.385. The number of rotatable bonds is 6. The lowest BCUT2D eigenvalue weighted by molar-refractivity contribution is -0.144. The number of amides is 1. The van der Waals surface area contributed by atoms with Crippen LogP contribution in [0.5, 0.6) is 5.75 Å². The van der Waals surface area contributed by atoms with E-state index in [1.165, 1.54) is 25.3 Å². The molecule has 0 unspecified atom stereocenters. The van der Waals surface area contributed by atoms with Gasteiger partial charge in [0.15, 0.2) is 9.84 Å². The van der Waals surface area contributed by atoms with Gasteiger partial charge in [0.1, 0.15) is 11.8 Å². The van der Waals surface area contributed by atoms with Crippen molar-refractivity contribution in [1.82, 2.24) is 5.32 Å². The third-order valence-electron chi connectivity index (χ3n) is 2.58. The van der Waals surface area contributed by atoms with Crippen LogP contribution in [0.3, 0.4) is 0 Å². The van der Waals surface area contributed by atoms with E-state index in [4.69, 9.17) is 6.11 Å². The summed E-state index contributed by atoms with van der Waals surface area (Å²) in [6.07, 6.45) is 0. The van der Waals surface area contributed by atoms with Gasteiger partial charge in [-0.05, 0) is 24.2 Å². The number of ether oxygens (including phenoxy) is 2. The molecule has 0 saturated carbocycles. The maximum Gasteiger partial charge on any atom is 0.329 e. The van der Waals surface area contributed by atoms with Crippen LogP contribution in [0.4, 0.5) is 0 Å². The molecular formula is C13H17NO6S. The Labute approximate surface area is 124 Å². The minimum atomic E-state index is -3.97. The number of sulfone groups is 1. The van der Waals surface area contributed by atoms with Crippen LogP contribution in [0.25, 0.3) is 0 Å². The fourth-order valence-electron chi connectivity index (χ4n) is 1.58. The Morgan fingerprint density at radius 2 is 2.00 bits per heavy atom. The first-order valence-electron chi connectivity index (χ1n) is 6.43. The summed E-state index contributed by atoms with van der Waals surface area (Å²) >= 11 is 0. The molecule has 0 radical (unpaired) electrons. The average Bonchev–Trinajstić information content (AvgIpc) is 2.44. The third-order valence-corrected chi connectivity index (χ3v) is 4.27. The number of carbonyl (C=O) groups excluding carboxylic acids is 2. The number of hydrogen-bond acceptors (Lipinski definition) is 6. The second kappa shape index (κ2) is 7.07. The molecule has 0 aliphatic rings. The normalized spacial score (nSPS) is 13.0. The van der Waals surface area contributed by atoms with Crippen molar-refractivity contribution < 1.29 is 28.9 Å². The molecule has 0 fully saturated rings. The van der Waals surface area contributed by atoms with E-state index < -0.39 is 33.5 Å². The molecule has 21 heavy (non-hydrogen) atoms. The quantitative estimate of drug-likeness (QED) is 0.750. The molecule has 116 valence electrons. The summed E-state index contributed by atoms with van der Waals surface area (Å²) in [5.41, 5.74) is 0. The van der Waals surface area contributed by atoms with E-state index in [-0.39, 0.29) is 10.9 Å². The molecule has 1 N–H and O–H groups in total. The molecule has 0 aliphatic heterocycles. The summed E-state index contributed by atoms with van der Waals surface area (Å²) in [5, 5.41) is 2.22. The molecular weight excluding hydrogens is 298 g/mol. The number of hydrogen-bond donors (Lipinski definition) is 1. The highest BCUT2D eigenvalue weighted by Gasteiger charge is 2.28. The highest BCUT2D eigenvalue weighted by Crippen LogP contribution is 2.17. The zero-order valence-corrected chi connectivity index (χ0v) is 12.7. The van der Waals surface area contributed by atoms with E-state index in [0.717, 1.165) is 14.0 Å². The standard InChI is InChI=1S/C13H17NO6S/c1-9(15)14-12(13(16)20-3)8-21(17,18)11-6-4-10(19-2)5-7-11/h4-7,12H,8H2,1-3H3,(H,14,15)/t12-/m0/s1/i6D. The summed E-state index contributed by atoms with van der Waals surface area (Å²) in [6, 6.07) is 2.27. The van der Waals surface area contributed by atoms with Crippen LogP contribution in [0.15, 0.2) is 29.1 Å². The van der Waals surface area contributed by atoms with Crippen molar-refractivity contribution in [2.45, 2.75) is 17.9 Å².